The molecule has 1 fully saturated rings. The van der Waals surface area contributed by atoms with E-state index in [1.165, 1.54) is 5.69 Å². The van der Waals surface area contributed by atoms with Gasteiger partial charge in [-0.05, 0) is 37.4 Å². The first kappa shape index (κ1) is 17.6. The number of hydrogen-bond acceptors (Lipinski definition) is 6. The third-order valence-corrected chi connectivity index (χ3v) is 5.32. The molecular weight excluding hydrogens is 364 g/mol. The second kappa shape index (κ2) is 7.52. The van der Waals surface area contributed by atoms with Gasteiger partial charge in [-0.2, -0.15) is 10.1 Å². The number of likely N-dealkylation sites (N-methyl/N-ethyl adjacent to an activating group) is 1. The van der Waals surface area contributed by atoms with Gasteiger partial charge in [0.15, 0.2) is 0 Å². The Morgan fingerprint density at radius 1 is 0.897 bits per heavy atom. The topological polar surface area (TPSA) is 74.1 Å². The van der Waals surface area contributed by atoms with Crippen molar-refractivity contribution in [1.29, 1.82) is 0 Å². The third-order valence-electron chi connectivity index (χ3n) is 5.32. The van der Waals surface area contributed by atoms with Crippen LogP contribution in [0.1, 0.15) is 0 Å². The molecule has 0 unspecified atom stereocenters. The number of piperazine rings is 1. The second-order valence-electron chi connectivity index (χ2n) is 7.31. The highest BCUT2D eigenvalue weighted by molar-refractivity contribution is 5.69. The van der Waals surface area contributed by atoms with Crippen molar-refractivity contribution in [1.82, 2.24) is 25.2 Å². The van der Waals surface area contributed by atoms with Crippen LogP contribution in [0.2, 0.25) is 0 Å². The van der Waals surface area contributed by atoms with Gasteiger partial charge in [0.25, 0.3) is 5.89 Å². The molecule has 0 amide bonds. The molecule has 0 spiro atoms. The largest absolute Gasteiger partial charge is 0.369 e. The van der Waals surface area contributed by atoms with Gasteiger partial charge in [0.2, 0.25) is 5.82 Å². The summed E-state index contributed by atoms with van der Waals surface area (Å²) in [5, 5.41) is 11.2. The van der Waals surface area contributed by atoms with Crippen molar-refractivity contribution in [3.05, 3.63) is 60.8 Å². The van der Waals surface area contributed by atoms with E-state index in [1.807, 2.05) is 36.4 Å². The number of aromatic nitrogens is 4. The van der Waals surface area contributed by atoms with Crippen molar-refractivity contribution >= 4 is 5.69 Å². The number of hydrogen-bond donors (Lipinski definition) is 1. The lowest BCUT2D eigenvalue weighted by Crippen LogP contribution is -2.44. The monoisotopic (exact) mass is 386 g/mol. The number of anilines is 1. The van der Waals surface area contributed by atoms with Crippen molar-refractivity contribution in [2.24, 2.45) is 0 Å². The molecule has 1 aliphatic heterocycles. The number of rotatable bonds is 4. The first-order chi connectivity index (χ1) is 14.3. The van der Waals surface area contributed by atoms with E-state index in [-0.39, 0.29) is 0 Å². The molecule has 7 heteroatoms. The van der Waals surface area contributed by atoms with Crippen LogP contribution < -0.4 is 4.90 Å². The van der Waals surface area contributed by atoms with Crippen LogP contribution in [-0.4, -0.2) is 58.5 Å². The molecule has 0 bridgehead atoms. The molecule has 0 saturated carbocycles. The van der Waals surface area contributed by atoms with Crippen molar-refractivity contribution in [2.75, 3.05) is 38.1 Å². The van der Waals surface area contributed by atoms with Crippen LogP contribution in [0.15, 0.2) is 65.3 Å². The minimum atomic E-state index is 0.506. The fourth-order valence-electron chi connectivity index (χ4n) is 3.60. The smallest absolute Gasteiger partial charge is 0.258 e. The van der Waals surface area contributed by atoms with Crippen LogP contribution in [0.4, 0.5) is 5.69 Å². The maximum atomic E-state index is 5.57. The summed E-state index contributed by atoms with van der Waals surface area (Å²) in [6.07, 6.45) is 1.74. The number of benzene rings is 2. The molecule has 7 nitrogen and oxygen atoms in total. The minimum absolute atomic E-state index is 0.506. The highest BCUT2D eigenvalue weighted by Crippen LogP contribution is 2.28. The Morgan fingerprint density at radius 3 is 2.52 bits per heavy atom. The molecule has 5 rings (SSSR count). The Hall–Kier alpha value is -3.45. The molecule has 1 saturated heterocycles. The van der Waals surface area contributed by atoms with E-state index in [0.717, 1.165) is 48.6 Å². The summed E-state index contributed by atoms with van der Waals surface area (Å²) >= 11 is 0. The Labute approximate surface area is 169 Å². The van der Waals surface area contributed by atoms with E-state index >= 15 is 0 Å². The molecule has 2 aromatic heterocycles. The summed E-state index contributed by atoms with van der Waals surface area (Å²) in [4.78, 5) is 9.39. The number of H-pyrrole nitrogens is 1. The molecule has 4 aromatic rings. The van der Waals surface area contributed by atoms with Crippen LogP contribution in [0.25, 0.3) is 34.1 Å². The van der Waals surface area contributed by atoms with Crippen LogP contribution >= 0.6 is 0 Å². The summed E-state index contributed by atoms with van der Waals surface area (Å²) in [6.45, 7) is 4.20. The van der Waals surface area contributed by atoms with Gasteiger partial charge < -0.3 is 14.3 Å². The average molecular weight is 386 g/mol. The van der Waals surface area contributed by atoms with Crippen molar-refractivity contribution < 1.29 is 4.52 Å². The Bertz CT molecular complexity index is 1100. The lowest BCUT2D eigenvalue weighted by molar-refractivity contribution is 0.313. The molecular formula is C22H22N6O. The Balaban J connectivity index is 1.41. The SMILES string of the molecule is CN1CCN(c2cccc(-c3noc(-c4cccc(-c5ccn[nH]5)c4)n3)c2)CC1. The highest BCUT2D eigenvalue weighted by Gasteiger charge is 2.16. The summed E-state index contributed by atoms with van der Waals surface area (Å²) in [5.74, 6) is 1.11. The maximum Gasteiger partial charge on any atom is 0.258 e. The van der Waals surface area contributed by atoms with Crippen molar-refractivity contribution in [3.8, 4) is 34.1 Å². The maximum absolute atomic E-state index is 5.57. The number of nitrogens with zero attached hydrogens (tertiary/aromatic N) is 5. The van der Waals surface area contributed by atoms with Crippen LogP contribution in [-0.2, 0) is 0 Å². The number of nitrogens with one attached hydrogen (secondary N) is 1. The van der Waals surface area contributed by atoms with E-state index in [0.29, 0.717) is 11.7 Å². The molecule has 0 aliphatic carbocycles. The molecule has 0 radical (unpaired) electrons. The molecule has 29 heavy (non-hydrogen) atoms. The Morgan fingerprint density at radius 2 is 1.69 bits per heavy atom. The predicted molar refractivity (Wildman–Crippen MR) is 112 cm³/mol. The molecule has 2 aromatic carbocycles. The van der Waals surface area contributed by atoms with Crippen molar-refractivity contribution in [3.63, 3.8) is 0 Å². The van der Waals surface area contributed by atoms with Crippen LogP contribution in [0.3, 0.4) is 0 Å². The van der Waals surface area contributed by atoms with Crippen LogP contribution in [0.5, 0.6) is 0 Å². The molecule has 146 valence electrons. The minimum Gasteiger partial charge on any atom is -0.369 e. The zero-order valence-electron chi connectivity index (χ0n) is 16.2. The molecule has 3 heterocycles. The zero-order valence-corrected chi connectivity index (χ0v) is 16.2. The first-order valence-electron chi connectivity index (χ1n) is 9.74. The second-order valence-corrected chi connectivity index (χ2v) is 7.31. The molecule has 0 atom stereocenters. The summed E-state index contributed by atoms with van der Waals surface area (Å²) < 4.78 is 5.57. The van der Waals surface area contributed by atoms with Gasteiger partial charge in [-0.25, -0.2) is 0 Å². The zero-order chi connectivity index (χ0) is 19.6. The van der Waals surface area contributed by atoms with E-state index in [1.54, 1.807) is 6.20 Å². The first-order valence-corrected chi connectivity index (χ1v) is 9.74. The predicted octanol–water partition coefficient (Wildman–Crippen LogP) is 3.55. The normalized spacial score (nSPS) is 15.0. The number of aromatic amines is 1. The van der Waals surface area contributed by atoms with Gasteiger partial charge >= 0.3 is 0 Å². The van der Waals surface area contributed by atoms with E-state index in [9.17, 15) is 0 Å². The van der Waals surface area contributed by atoms with Gasteiger partial charge in [0, 0.05) is 54.8 Å². The van der Waals surface area contributed by atoms with Gasteiger partial charge in [0.05, 0.1) is 5.69 Å². The standard InChI is InChI=1S/C22H22N6O/c1-27-10-12-28(13-11-27)19-7-3-5-17(15-19)21-24-22(29-26-21)18-6-2-4-16(14-18)20-8-9-23-25-20/h2-9,14-15H,10-13H2,1H3,(H,23,25). The van der Waals surface area contributed by atoms with Gasteiger partial charge in [0.1, 0.15) is 0 Å². The van der Waals surface area contributed by atoms with E-state index in [2.05, 4.69) is 55.4 Å². The molecule has 1 aliphatic rings. The van der Waals surface area contributed by atoms with E-state index < -0.39 is 0 Å². The molecule has 1 N–H and O–H groups in total. The summed E-state index contributed by atoms with van der Waals surface area (Å²) in [7, 11) is 2.16. The quantitative estimate of drug-likeness (QED) is 0.578. The average Bonchev–Trinajstić information content (AvgIpc) is 3.47. The lowest BCUT2D eigenvalue weighted by atomic mass is 10.1. The summed E-state index contributed by atoms with van der Waals surface area (Å²) in [5.41, 5.74) is 5.01. The highest BCUT2D eigenvalue weighted by atomic mass is 16.5. The van der Waals surface area contributed by atoms with Gasteiger partial charge in [-0.3, -0.25) is 5.10 Å². The lowest BCUT2D eigenvalue weighted by Gasteiger charge is -2.34. The fraction of sp³-hybridized carbons (Fsp3) is 0.227. The summed E-state index contributed by atoms with van der Waals surface area (Å²) in [6, 6.07) is 18.3. The van der Waals surface area contributed by atoms with Gasteiger partial charge in [-0.1, -0.05) is 29.4 Å². The van der Waals surface area contributed by atoms with Gasteiger partial charge in [-0.15, -0.1) is 0 Å². The third kappa shape index (κ3) is 3.64. The fourth-order valence-corrected chi connectivity index (χ4v) is 3.60. The van der Waals surface area contributed by atoms with Crippen molar-refractivity contribution in [2.45, 2.75) is 0 Å². The van der Waals surface area contributed by atoms with Crippen LogP contribution in [0, 0.1) is 0 Å². The Kier molecular flexibility index (Phi) is 4.57. The van der Waals surface area contributed by atoms with E-state index in [4.69, 9.17) is 4.52 Å².